The number of nitrogens with one attached hydrogen (secondary N) is 2. The van der Waals surface area contributed by atoms with Crippen molar-refractivity contribution in [2.45, 2.75) is 12.8 Å². The normalized spacial score (nSPS) is 16.1. The highest BCUT2D eigenvalue weighted by Gasteiger charge is 2.39. The van der Waals surface area contributed by atoms with Gasteiger partial charge < -0.3 is 25.3 Å². The molecule has 2 heterocycles. The van der Waals surface area contributed by atoms with Crippen LogP contribution in [0.15, 0.2) is 40.5 Å². The predicted octanol–water partition coefficient (Wildman–Crippen LogP) is 1.40. The van der Waals surface area contributed by atoms with E-state index in [4.69, 9.17) is 27.4 Å². The number of fused-ring (bicyclic) bond motifs is 1. The molecule has 0 radical (unpaired) electrons. The number of carbonyl (C=O) groups is 1. The second-order valence-corrected chi connectivity index (χ2v) is 5.65. The number of benzene rings is 1. The van der Waals surface area contributed by atoms with E-state index in [9.17, 15) is 14.7 Å². The number of carbonyl (C=O) groups excluding carboxylic acids is 1. The van der Waals surface area contributed by atoms with Crippen molar-refractivity contribution in [2.24, 2.45) is 5.73 Å². The van der Waals surface area contributed by atoms with Gasteiger partial charge in [0, 0.05) is 5.56 Å². The predicted molar refractivity (Wildman–Crippen MR) is 90.7 cm³/mol. The molecule has 1 aromatic carbocycles. The van der Waals surface area contributed by atoms with Gasteiger partial charge in [-0.3, -0.25) is 9.78 Å². The molecule has 0 saturated heterocycles. The molecule has 1 aromatic heterocycles. The van der Waals surface area contributed by atoms with Gasteiger partial charge in [-0.15, -0.1) is 0 Å². The third kappa shape index (κ3) is 2.89. The molecule has 3 rings (SSSR count). The van der Waals surface area contributed by atoms with Gasteiger partial charge in [-0.1, -0.05) is 18.2 Å². The lowest BCUT2D eigenvalue weighted by molar-refractivity contribution is -0.139. The van der Waals surface area contributed by atoms with E-state index in [1.54, 1.807) is 25.1 Å². The van der Waals surface area contributed by atoms with E-state index in [-0.39, 0.29) is 40.0 Å². The van der Waals surface area contributed by atoms with Gasteiger partial charge in [0.1, 0.15) is 11.3 Å². The molecule has 0 spiro atoms. The molecule has 9 heteroatoms. The molecule has 0 fully saturated rings. The molecule has 1 aliphatic heterocycles. The topological polar surface area (TPSA) is 130 Å². The van der Waals surface area contributed by atoms with Crippen LogP contribution < -0.4 is 16.0 Å². The Morgan fingerprint density at radius 2 is 2.12 bits per heavy atom. The highest BCUT2D eigenvalue weighted by molar-refractivity contribution is 7.71. The number of hydrogen-bond donors (Lipinski definition) is 4. The second kappa shape index (κ2) is 6.44. The number of para-hydroxylation sites is 1. The van der Waals surface area contributed by atoms with E-state index in [0.29, 0.717) is 5.56 Å². The summed E-state index contributed by atoms with van der Waals surface area (Å²) in [4.78, 5) is 30.1. The van der Waals surface area contributed by atoms with E-state index >= 15 is 0 Å². The Labute approximate surface area is 146 Å². The number of aromatic amines is 2. The molecular weight excluding hydrogens is 346 g/mol. The number of aromatic nitrogens is 2. The van der Waals surface area contributed by atoms with Crippen molar-refractivity contribution in [3.8, 4) is 11.6 Å². The van der Waals surface area contributed by atoms with Gasteiger partial charge in [-0.25, -0.2) is 4.79 Å². The van der Waals surface area contributed by atoms with E-state index in [2.05, 4.69) is 9.97 Å². The number of H-pyrrole nitrogens is 2. The molecule has 1 atom stereocenters. The summed E-state index contributed by atoms with van der Waals surface area (Å²) in [7, 11) is 0. The number of hydrogen-bond acceptors (Lipinski definition) is 7. The lowest BCUT2D eigenvalue weighted by Crippen LogP contribution is -2.32. The minimum absolute atomic E-state index is 0.0209. The van der Waals surface area contributed by atoms with Crippen molar-refractivity contribution < 1.29 is 19.4 Å². The SMILES string of the molecule is CCOC(=O)C1=C(N)Oc2[nH]c(=S)[nH]c(=O)c2[C@H]1c1ccccc1O. The van der Waals surface area contributed by atoms with Crippen LogP contribution in [0, 0.1) is 4.77 Å². The first-order valence-corrected chi connectivity index (χ1v) is 7.83. The third-order valence-corrected chi connectivity index (χ3v) is 3.95. The van der Waals surface area contributed by atoms with Crippen molar-refractivity contribution in [3.63, 3.8) is 0 Å². The zero-order valence-corrected chi connectivity index (χ0v) is 14.0. The zero-order chi connectivity index (χ0) is 18.1. The van der Waals surface area contributed by atoms with Gasteiger partial charge in [-0.2, -0.15) is 0 Å². The molecule has 1 aliphatic rings. The standard InChI is InChI=1S/C16H15N3O5S/c1-2-23-15(22)10-9(7-5-3-4-6-8(7)20)11-13(21)18-16(25)19-14(11)24-12(10)17/h3-6,9,20H,2,17H2,1H3,(H2,18,19,21,25)/t9-/m0/s1. The zero-order valence-electron chi connectivity index (χ0n) is 13.2. The minimum atomic E-state index is -0.973. The number of phenolic OH excluding ortho intramolecular Hbond substituents is 1. The highest BCUT2D eigenvalue weighted by Crippen LogP contribution is 2.42. The van der Waals surface area contributed by atoms with Crippen LogP contribution >= 0.6 is 12.2 Å². The number of nitrogens with two attached hydrogens (primary N) is 1. The lowest BCUT2D eigenvalue weighted by Gasteiger charge is -2.27. The van der Waals surface area contributed by atoms with E-state index in [1.165, 1.54) is 6.07 Å². The Morgan fingerprint density at radius 3 is 2.80 bits per heavy atom. The highest BCUT2D eigenvalue weighted by atomic mass is 32.1. The largest absolute Gasteiger partial charge is 0.508 e. The number of rotatable bonds is 3. The maximum atomic E-state index is 12.5. The van der Waals surface area contributed by atoms with Crippen LogP contribution in [-0.4, -0.2) is 27.7 Å². The smallest absolute Gasteiger partial charge is 0.340 e. The summed E-state index contributed by atoms with van der Waals surface area (Å²) in [5.74, 6) is -2.01. The van der Waals surface area contributed by atoms with Gasteiger partial charge >= 0.3 is 5.97 Å². The summed E-state index contributed by atoms with van der Waals surface area (Å²) < 4.78 is 10.5. The maximum absolute atomic E-state index is 12.5. The van der Waals surface area contributed by atoms with Crippen LogP contribution in [0.25, 0.3) is 0 Å². The summed E-state index contributed by atoms with van der Waals surface area (Å²) in [6.07, 6.45) is 0. The van der Waals surface area contributed by atoms with Crippen LogP contribution in [0.2, 0.25) is 0 Å². The molecule has 0 aliphatic carbocycles. The van der Waals surface area contributed by atoms with Crippen LogP contribution in [0.4, 0.5) is 0 Å². The molecule has 0 saturated carbocycles. The molecule has 130 valence electrons. The summed E-state index contributed by atoms with van der Waals surface area (Å²) in [6.45, 7) is 1.76. The number of esters is 1. The summed E-state index contributed by atoms with van der Waals surface area (Å²) in [5, 5.41) is 10.3. The molecule has 0 bridgehead atoms. The van der Waals surface area contributed by atoms with Crippen LogP contribution in [0.1, 0.15) is 24.0 Å². The molecule has 0 unspecified atom stereocenters. The minimum Gasteiger partial charge on any atom is -0.508 e. The van der Waals surface area contributed by atoms with Crippen molar-refractivity contribution in [1.29, 1.82) is 0 Å². The van der Waals surface area contributed by atoms with Crippen LogP contribution in [0.5, 0.6) is 11.6 Å². The lowest BCUT2D eigenvalue weighted by atomic mass is 9.84. The molecule has 25 heavy (non-hydrogen) atoms. The van der Waals surface area contributed by atoms with Crippen LogP contribution in [-0.2, 0) is 9.53 Å². The molecule has 2 aromatic rings. The molecule has 8 nitrogen and oxygen atoms in total. The fourth-order valence-corrected chi connectivity index (χ4v) is 2.92. The first-order chi connectivity index (χ1) is 11.9. The number of phenols is 1. The van der Waals surface area contributed by atoms with Gasteiger partial charge in [0.05, 0.1) is 18.1 Å². The molecule has 5 N–H and O–H groups in total. The second-order valence-electron chi connectivity index (χ2n) is 5.24. The van der Waals surface area contributed by atoms with Crippen molar-refractivity contribution in [3.05, 3.63) is 62.0 Å². The van der Waals surface area contributed by atoms with Gasteiger partial charge in [0.15, 0.2) is 4.77 Å². The Hall–Kier alpha value is -3.07. The Kier molecular flexibility index (Phi) is 4.32. The van der Waals surface area contributed by atoms with Gasteiger partial charge in [0.25, 0.3) is 5.56 Å². The Morgan fingerprint density at radius 1 is 1.40 bits per heavy atom. The number of aromatic hydroxyl groups is 1. The van der Waals surface area contributed by atoms with E-state index in [0.717, 1.165) is 0 Å². The quantitative estimate of drug-likeness (QED) is 0.480. The average molecular weight is 361 g/mol. The maximum Gasteiger partial charge on any atom is 0.340 e. The van der Waals surface area contributed by atoms with Crippen LogP contribution in [0.3, 0.4) is 0 Å². The van der Waals surface area contributed by atoms with Crippen molar-refractivity contribution in [2.75, 3.05) is 6.61 Å². The van der Waals surface area contributed by atoms with E-state index in [1.807, 2.05) is 0 Å². The Balaban J connectivity index is 2.32. The summed E-state index contributed by atoms with van der Waals surface area (Å²) in [5.41, 5.74) is 5.68. The molecule has 0 amide bonds. The number of ether oxygens (including phenoxy) is 2. The Bertz CT molecular complexity index is 992. The van der Waals surface area contributed by atoms with Gasteiger partial charge in [-0.05, 0) is 25.2 Å². The third-order valence-electron chi connectivity index (χ3n) is 3.74. The monoisotopic (exact) mass is 361 g/mol. The fourth-order valence-electron chi connectivity index (χ4n) is 2.74. The average Bonchev–Trinajstić information content (AvgIpc) is 2.53. The first kappa shape index (κ1) is 16.8. The first-order valence-electron chi connectivity index (χ1n) is 7.43. The molecular formula is C16H15N3O5S. The summed E-state index contributed by atoms with van der Waals surface area (Å²) >= 11 is 4.94. The van der Waals surface area contributed by atoms with Gasteiger partial charge in [0.2, 0.25) is 11.8 Å². The summed E-state index contributed by atoms with van der Waals surface area (Å²) in [6, 6.07) is 6.33. The van der Waals surface area contributed by atoms with Crippen molar-refractivity contribution in [1.82, 2.24) is 9.97 Å². The van der Waals surface area contributed by atoms with E-state index < -0.39 is 17.4 Å². The van der Waals surface area contributed by atoms with Crippen molar-refractivity contribution >= 4 is 18.2 Å². The fraction of sp³-hybridized carbons (Fsp3) is 0.188.